The Morgan fingerprint density at radius 1 is 0.955 bits per heavy atom. The van der Waals surface area contributed by atoms with Crippen molar-refractivity contribution in [1.29, 1.82) is 0 Å². The largest absolute Gasteiger partial charge is 0.489 e. The number of nitrogens with one attached hydrogen (secondary N) is 1. The summed E-state index contributed by atoms with van der Waals surface area (Å²) in [6, 6.07) is 17.1. The van der Waals surface area contributed by atoms with Crippen LogP contribution < -0.4 is 16.0 Å². The Balaban J connectivity index is 0.00000176. The van der Waals surface area contributed by atoms with Gasteiger partial charge in [0.05, 0.1) is 11.1 Å². The molecule has 1 aromatic heterocycles. The second-order valence-corrected chi connectivity index (χ2v) is 4.71. The van der Waals surface area contributed by atoms with Gasteiger partial charge in [-0.1, -0.05) is 48.5 Å². The Morgan fingerprint density at radius 3 is 2.27 bits per heavy atom. The van der Waals surface area contributed by atoms with Crippen molar-refractivity contribution in [3.63, 3.8) is 0 Å². The molecule has 0 spiro atoms. The van der Waals surface area contributed by atoms with Crippen LogP contribution in [0.5, 0.6) is 5.75 Å². The number of aromatic amines is 1. The van der Waals surface area contributed by atoms with Gasteiger partial charge in [0.25, 0.3) is 5.56 Å². The molecule has 0 aliphatic rings. The van der Waals surface area contributed by atoms with E-state index in [1.165, 1.54) is 0 Å². The van der Waals surface area contributed by atoms with Gasteiger partial charge in [-0.2, -0.15) is 0 Å². The number of hydrogen-bond acceptors (Lipinski definition) is 3. The number of nitrogens with two attached hydrogens (primary N) is 1. The summed E-state index contributed by atoms with van der Waals surface area (Å²) in [5, 5.41) is 1.41. The first-order valence-corrected chi connectivity index (χ1v) is 6.84. The lowest BCUT2D eigenvalue weighted by Gasteiger charge is -2.13. The summed E-state index contributed by atoms with van der Waals surface area (Å²) in [6.45, 7) is 0.817. The van der Waals surface area contributed by atoms with E-state index in [4.69, 9.17) is 10.5 Å². The first-order valence-electron chi connectivity index (χ1n) is 6.84. The number of fused-ring (bicyclic) bond motifs is 1. The normalized spacial score (nSPS) is 10.2. The predicted molar refractivity (Wildman–Crippen MR) is 91.8 cm³/mol. The quantitative estimate of drug-likeness (QED) is 0.777. The minimum atomic E-state index is -0.121. The highest BCUT2D eigenvalue weighted by Crippen LogP contribution is 2.33. The fourth-order valence-electron chi connectivity index (χ4n) is 2.37. The second kappa shape index (κ2) is 7.11. The van der Waals surface area contributed by atoms with E-state index in [0.717, 1.165) is 10.9 Å². The van der Waals surface area contributed by atoms with E-state index in [1.807, 2.05) is 48.5 Å². The van der Waals surface area contributed by atoms with Crippen molar-refractivity contribution in [3.05, 3.63) is 65.0 Å². The maximum Gasteiger partial charge on any atom is 0.256 e. The molecule has 22 heavy (non-hydrogen) atoms. The van der Waals surface area contributed by atoms with Crippen LogP contribution in [0.3, 0.4) is 0 Å². The molecule has 114 valence electrons. The third kappa shape index (κ3) is 2.98. The molecule has 3 N–H and O–H groups in total. The average Bonchev–Trinajstić information content (AvgIpc) is 2.55. The molecule has 0 bridgehead atoms. The molecule has 1 heterocycles. The Morgan fingerprint density at radius 2 is 1.59 bits per heavy atom. The maximum absolute atomic E-state index is 12.3. The van der Waals surface area contributed by atoms with Gasteiger partial charge in [0.15, 0.2) is 5.75 Å². The molecule has 4 nitrogen and oxygen atoms in total. The molecular weight excluding hydrogens is 300 g/mol. The fraction of sp³-hybridized carbons (Fsp3) is 0.118. The molecule has 0 aliphatic heterocycles. The summed E-state index contributed by atoms with van der Waals surface area (Å²) in [5.74, 6) is 0.668. The molecule has 2 aromatic carbocycles. The first kappa shape index (κ1) is 16.1. The van der Waals surface area contributed by atoms with Crippen LogP contribution in [0.25, 0.3) is 22.0 Å². The number of aromatic nitrogens is 1. The minimum Gasteiger partial charge on any atom is -0.489 e. The van der Waals surface area contributed by atoms with Crippen molar-refractivity contribution < 1.29 is 4.74 Å². The lowest BCUT2D eigenvalue weighted by molar-refractivity contribution is 0.332. The smallest absolute Gasteiger partial charge is 0.256 e. The summed E-state index contributed by atoms with van der Waals surface area (Å²) in [6.07, 6.45) is 0. The number of rotatable bonds is 4. The van der Waals surface area contributed by atoms with E-state index in [1.54, 1.807) is 6.07 Å². The summed E-state index contributed by atoms with van der Waals surface area (Å²) in [5.41, 5.74) is 7.02. The van der Waals surface area contributed by atoms with Crippen LogP contribution >= 0.6 is 12.4 Å². The van der Waals surface area contributed by atoms with E-state index in [0.29, 0.717) is 30.0 Å². The monoisotopic (exact) mass is 316 g/mol. The van der Waals surface area contributed by atoms with E-state index in [-0.39, 0.29) is 18.0 Å². The van der Waals surface area contributed by atoms with Gasteiger partial charge in [0.2, 0.25) is 0 Å². The summed E-state index contributed by atoms with van der Waals surface area (Å²) in [4.78, 5) is 15.2. The zero-order valence-electron chi connectivity index (χ0n) is 11.9. The molecule has 0 saturated heterocycles. The molecule has 5 heteroatoms. The van der Waals surface area contributed by atoms with Gasteiger partial charge in [0.1, 0.15) is 6.61 Å². The summed E-state index contributed by atoms with van der Waals surface area (Å²) < 4.78 is 5.81. The van der Waals surface area contributed by atoms with Crippen LogP contribution in [-0.4, -0.2) is 18.1 Å². The topological polar surface area (TPSA) is 68.1 Å². The molecule has 0 radical (unpaired) electrons. The number of ether oxygens (including phenoxy) is 1. The predicted octanol–water partition coefficient (Wildman–Crippen LogP) is 2.95. The zero-order valence-corrected chi connectivity index (χ0v) is 12.7. The minimum absolute atomic E-state index is 0. The highest BCUT2D eigenvalue weighted by Gasteiger charge is 2.13. The second-order valence-electron chi connectivity index (χ2n) is 4.71. The fourth-order valence-corrected chi connectivity index (χ4v) is 2.37. The van der Waals surface area contributed by atoms with Crippen molar-refractivity contribution in [3.8, 4) is 17.0 Å². The van der Waals surface area contributed by atoms with Crippen LogP contribution in [-0.2, 0) is 0 Å². The third-order valence-corrected chi connectivity index (χ3v) is 3.31. The van der Waals surface area contributed by atoms with Crippen LogP contribution in [0.15, 0.2) is 59.4 Å². The highest BCUT2D eigenvalue weighted by molar-refractivity contribution is 5.92. The van der Waals surface area contributed by atoms with E-state index < -0.39 is 0 Å². The molecule has 0 saturated carbocycles. The summed E-state index contributed by atoms with van der Waals surface area (Å²) in [7, 11) is 0. The number of hydrogen-bond donors (Lipinski definition) is 2. The average molecular weight is 317 g/mol. The standard InChI is InChI=1S/C17H16N2O2.ClH/c18-10-11-21-16-13-8-4-5-9-14(13)17(20)19-15(16)12-6-2-1-3-7-12;/h1-9H,10-11,18H2,(H,19,20);1H. The molecule has 3 aromatic rings. The highest BCUT2D eigenvalue weighted by atomic mass is 35.5. The Hall–Kier alpha value is -2.30. The molecular formula is C17H17ClN2O2. The van der Waals surface area contributed by atoms with Gasteiger partial charge in [0, 0.05) is 17.5 Å². The van der Waals surface area contributed by atoms with Crippen LogP contribution in [0.1, 0.15) is 0 Å². The number of pyridine rings is 1. The maximum atomic E-state index is 12.3. The molecule has 0 amide bonds. The molecule has 0 fully saturated rings. The van der Waals surface area contributed by atoms with Crippen LogP contribution in [0.4, 0.5) is 0 Å². The van der Waals surface area contributed by atoms with Gasteiger partial charge in [-0.15, -0.1) is 12.4 Å². The molecule has 3 rings (SSSR count). The number of benzene rings is 2. The molecule has 0 atom stereocenters. The summed E-state index contributed by atoms with van der Waals surface area (Å²) >= 11 is 0. The van der Waals surface area contributed by atoms with Crippen molar-refractivity contribution in [1.82, 2.24) is 4.98 Å². The Labute approximate surface area is 134 Å². The Bertz CT molecular complexity index is 816. The lowest BCUT2D eigenvalue weighted by Crippen LogP contribution is -2.14. The van der Waals surface area contributed by atoms with Crippen LogP contribution in [0.2, 0.25) is 0 Å². The molecule has 0 aliphatic carbocycles. The van der Waals surface area contributed by atoms with E-state index in [9.17, 15) is 4.79 Å². The van der Waals surface area contributed by atoms with Gasteiger partial charge in [-0.25, -0.2) is 0 Å². The van der Waals surface area contributed by atoms with Gasteiger partial charge >= 0.3 is 0 Å². The van der Waals surface area contributed by atoms with E-state index in [2.05, 4.69) is 4.98 Å². The third-order valence-electron chi connectivity index (χ3n) is 3.31. The van der Waals surface area contributed by atoms with Gasteiger partial charge in [-0.3, -0.25) is 4.79 Å². The van der Waals surface area contributed by atoms with Crippen molar-refractivity contribution >= 4 is 23.2 Å². The lowest BCUT2D eigenvalue weighted by atomic mass is 10.1. The van der Waals surface area contributed by atoms with Crippen molar-refractivity contribution in [2.24, 2.45) is 5.73 Å². The van der Waals surface area contributed by atoms with Crippen molar-refractivity contribution in [2.45, 2.75) is 0 Å². The zero-order chi connectivity index (χ0) is 14.7. The SMILES string of the molecule is Cl.NCCOc1c(-c2ccccc2)[nH]c(=O)c2ccccc12. The number of H-pyrrole nitrogens is 1. The molecule has 0 unspecified atom stereocenters. The van der Waals surface area contributed by atoms with Gasteiger partial charge < -0.3 is 15.5 Å². The number of halogens is 1. The van der Waals surface area contributed by atoms with Crippen molar-refractivity contribution in [2.75, 3.05) is 13.2 Å². The van der Waals surface area contributed by atoms with Crippen LogP contribution in [0, 0.1) is 0 Å². The Kier molecular flexibility index (Phi) is 5.20. The van der Waals surface area contributed by atoms with Gasteiger partial charge in [-0.05, 0) is 6.07 Å². The first-order chi connectivity index (χ1) is 10.3. The van der Waals surface area contributed by atoms with E-state index >= 15 is 0 Å².